The lowest BCUT2D eigenvalue weighted by Gasteiger charge is -2.27. The Kier molecular flexibility index (Phi) is 3.87. The molecule has 2 amide bonds. The zero-order valence-electron chi connectivity index (χ0n) is 11.3. The van der Waals surface area contributed by atoms with Crippen molar-refractivity contribution in [1.29, 1.82) is 0 Å². The number of urea groups is 1. The molecule has 0 saturated heterocycles. The minimum absolute atomic E-state index is 0.0334. The van der Waals surface area contributed by atoms with Crippen LogP contribution in [0.3, 0.4) is 0 Å². The highest BCUT2D eigenvalue weighted by Crippen LogP contribution is 2.27. The van der Waals surface area contributed by atoms with Crippen LogP contribution in [0.1, 0.15) is 37.4 Å². The third kappa shape index (κ3) is 2.48. The Balaban J connectivity index is 2.26. The van der Waals surface area contributed by atoms with Crippen molar-refractivity contribution in [3.8, 4) is 0 Å². The molecule has 1 aliphatic rings. The van der Waals surface area contributed by atoms with Crippen molar-refractivity contribution < 1.29 is 4.79 Å². The largest absolute Gasteiger partial charge is 0.323 e. The van der Waals surface area contributed by atoms with Crippen molar-refractivity contribution >= 4 is 11.7 Å². The van der Waals surface area contributed by atoms with Gasteiger partial charge in [0.2, 0.25) is 0 Å². The predicted molar refractivity (Wildman–Crippen MR) is 73.6 cm³/mol. The summed E-state index contributed by atoms with van der Waals surface area (Å²) in [6, 6.07) is 6.66. The van der Waals surface area contributed by atoms with Crippen LogP contribution >= 0.6 is 0 Å². The number of anilines is 1. The van der Waals surface area contributed by atoms with Gasteiger partial charge in [0.15, 0.2) is 0 Å². The Bertz CT molecular complexity index is 445. The first-order chi connectivity index (χ1) is 8.65. The maximum atomic E-state index is 11.5. The number of benzene rings is 1. The number of nitrogens with one attached hydrogen (secondary N) is 2. The van der Waals surface area contributed by atoms with Crippen LogP contribution in [0.2, 0.25) is 0 Å². The number of fused-ring (bicyclic) bond motifs is 1. The van der Waals surface area contributed by atoms with Crippen LogP contribution in [0.15, 0.2) is 18.2 Å². The van der Waals surface area contributed by atoms with Crippen LogP contribution in [0.5, 0.6) is 0 Å². The van der Waals surface area contributed by atoms with E-state index in [0.717, 1.165) is 18.7 Å². The zero-order valence-corrected chi connectivity index (χ0v) is 11.3. The maximum Gasteiger partial charge on any atom is 0.321 e. The number of nitrogens with zero attached hydrogens (tertiary/aromatic N) is 1. The molecule has 18 heavy (non-hydrogen) atoms. The summed E-state index contributed by atoms with van der Waals surface area (Å²) in [6.07, 6.45) is 1.06. The van der Waals surface area contributed by atoms with E-state index in [2.05, 4.69) is 36.6 Å². The molecular weight excluding hydrogens is 226 g/mol. The molecule has 1 aromatic carbocycles. The lowest BCUT2D eigenvalue weighted by molar-refractivity contribution is 0.218. The van der Waals surface area contributed by atoms with Crippen LogP contribution in [0.25, 0.3) is 0 Å². The van der Waals surface area contributed by atoms with Crippen LogP contribution < -0.4 is 10.6 Å². The smallest absolute Gasteiger partial charge is 0.321 e. The van der Waals surface area contributed by atoms with Crippen LogP contribution in [-0.4, -0.2) is 24.5 Å². The second-order valence-corrected chi connectivity index (χ2v) is 4.72. The molecule has 4 nitrogen and oxygen atoms in total. The van der Waals surface area contributed by atoms with E-state index in [0.29, 0.717) is 12.6 Å². The monoisotopic (exact) mass is 247 g/mol. The van der Waals surface area contributed by atoms with Gasteiger partial charge in [-0.2, -0.15) is 0 Å². The minimum Gasteiger partial charge on any atom is -0.323 e. The predicted octanol–water partition coefficient (Wildman–Crippen LogP) is 2.72. The minimum atomic E-state index is -0.0334. The molecule has 0 saturated carbocycles. The molecule has 4 heteroatoms. The number of carbonyl (C=O) groups is 1. The lowest BCUT2D eigenvalue weighted by atomic mass is 9.99. The Hall–Kier alpha value is -1.55. The number of rotatable bonds is 4. The van der Waals surface area contributed by atoms with Crippen LogP contribution in [-0.2, 0) is 6.54 Å². The third-order valence-electron chi connectivity index (χ3n) is 3.39. The van der Waals surface area contributed by atoms with Gasteiger partial charge in [0.1, 0.15) is 0 Å². The number of carbonyl (C=O) groups excluding carboxylic acids is 1. The summed E-state index contributed by atoms with van der Waals surface area (Å²) in [5.41, 5.74) is 3.42. The molecule has 1 heterocycles. The van der Waals surface area contributed by atoms with Crippen molar-refractivity contribution in [2.45, 2.75) is 32.9 Å². The SMILES string of the molecule is CCNC(CC)c1ccc2c(c1)CN(C)C(=O)N2. The standard InChI is InChI=1S/C14H21N3O/c1-4-12(15-5-2)10-6-7-13-11(8-10)9-17(3)14(18)16-13/h6-8,12,15H,4-5,9H2,1-3H3,(H,16,18). The molecule has 2 N–H and O–H groups in total. The normalized spacial score (nSPS) is 16.2. The van der Waals surface area contributed by atoms with E-state index in [1.54, 1.807) is 4.90 Å². The van der Waals surface area contributed by atoms with Gasteiger partial charge in [0.25, 0.3) is 0 Å². The van der Waals surface area contributed by atoms with Gasteiger partial charge in [-0.1, -0.05) is 26.0 Å². The summed E-state index contributed by atoms with van der Waals surface area (Å²) in [6.45, 7) is 5.94. The Morgan fingerprint density at radius 1 is 1.44 bits per heavy atom. The molecule has 0 aromatic heterocycles. The van der Waals surface area contributed by atoms with E-state index in [-0.39, 0.29) is 6.03 Å². The van der Waals surface area contributed by atoms with E-state index < -0.39 is 0 Å². The molecule has 0 fully saturated rings. The second-order valence-electron chi connectivity index (χ2n) is 4.72. The Morgan fingerprint density at radius 2 is 2.22 bits per heavy atom. The average Bonchev–Trinajstić information content (AvgIpc) is 2.37. The van der Waals surface area contributed by atoms with Crippen LogP contribution in [0, 0.1) is 0 Å². The molecular formula is C14H21N3O. The third-order valence-corrected chi connectivity index (χ3v) is 3.39. The number of hydrogen-bond acceptors (Lipinski definition) is 2. The summed E-state index contributed by atoms with van der Waals surface area (Å²) in [5.74, 6) is 0. The lowest BCUT2D eigenvalue weighted by Crippen LogP contribution is -2.35. The van der Waals surface area contributed by atoms with Gasteiger partial charge in [0, 0.05) is 25.3 Å². The summed E-state index contributed by atoms with van der Waals surface area (Å²) in [7, 11) is 1.81. The fourth-order valence-corrected chi connectivity index (χ4v) is 2.37. The highest BCUT2D eigenvalue weighted by Gasteiger charge is 2.20. The van der Waals surface area contributed by atoms with Gasteiger partial charge >= 0.3 is 6.03 Å². The van der Waals surface area contributed by atoms with Crippen molar-refractivity contribution in [2.24, 2.45) is 0 Å². The highest BCUT2D eigenvalue weighted by atomic mass is 16.2. The van der Waals surface area contributed by atoms with Crippen molar-refractivity contribution in [3.63, 3.8) is 0 Å². The molecule has 1 aliphatic heterocycles. The average molecular weight is 247 g/mol. The molecule has 1 atom stereocenters. The summed E-state index contributed by atoms with van der Waals surface area (Å²) in [4.78, 5) is 13.2. The fraction of sp³-hybridized carbons (Fsp3) is 0.500. The highest BCUT2D eigenvalue weighted by molar-refractivity contribution is 5.92. The number of amides is 2. The van der Waals surface area contributed by atoms with Crippen molar-refractivity contribution in [3.05, 3.63) is 29.3 Å². The molecule has 0 bridgehead atoms. The first-order valence-electron chi connectivity index (χ1n) is 6.54. The van der Waals surface area contributed by atoms with Gasteiger partial charge in [0.05, 0.1) is 0 Å². The summed E-state index contributed by atoms with van der Waals surface area (Å²) in [5, 5.41) is 6.37. The maximum absolute atomic E-state index is 11.5. The second kappa shape index (κ2) is 5.40. The van der Waals surface area contributed by atoms with Crippen molar-refractivity contribution in [2.75, 3.05) is 18.9 Å². The zero-order chi connectivity index (χ0) is 13.1. The Morgan fingerprint density at radius 3 is 2.89 bits per heavy atom. The summed E-state index contributed by atoms with van der Waals surface area (Å²) >= 11 is 0. The summed E-state index contributed by atoms with van der Waals surface area (Å²) < 4.78 is 0. The van der Waals surface area contributed by atoms with E-state index in [4.69, 9.17) is 0 Å². The van der Waals surface area contributed by atoms with Crippen molar-refractivity contribution in [1.82, 2.24) is 10.2 Å². The first-order valence-corrected chi connectivity index (χ1v) is 6.54. The quantitative estimate of drug-likeness (QED) is 0.859. The molecule has 2 rings (SSSR count). The molecule has 0 radical (unpaired) electrons. The topological polar surface area (TPSA) is 44.4 Å². The van der Waals surface area contributed by atoms with E-state index in [1.165, 1.54) is 11.1 Å². The van der Waals surface area contributed by atoms with Gasteiger partial charge in [-0.25, -0.2) is 4.79 Å². The van der Waals surface area contributed by atoms with E-state index in [9.17, 15) is 4.79 Å². The first kappa shape index (κ1) is 12.9. The Labute approximate surface area is 108 Å². The molecule has 1 unspecified atom stereocenters. The van der Waals surface area contributed by atoms with E-state index in [1.807, 2.05) is 13.1 Å². The fourth-order valence-electron chi connectivity index (χ4n) is 2.37. The molecule has 1 aromatic rings. The molecule has 0 spiro atoms. The van der Waals surface area contributed by atoms with Gasteiger partial charge in [-0.05, 0) is 30.2 Å². The molecule has 0 aliphatic carbocycles. The molecule has 98 valence electrons. The van der Waals surface area contributed by atoms with Gasteiger partial charge < -0.3 is 15.5 Å². The number of hydrogen-bond donors (Lipinski definition) is 2. The van der Waals surface area contributed by atoms with E-state index >= 15 is 0 Å². The van der Waals surface area contributed by atoms with Gasteiger partial charge in [-0.3, -0.25) is 0 Å². The van der Waals surface area contributed by atoms with Gasteiger partial charge in [-0.15, -0.1) is 0 Å². The van der Waals surface area contributed by atoms with Crippen LogP contribution in [0.4, 0.5) is 10.5 Å².